The summed E-state index contributed by atoms with van der Waals surface area (Å²) in [7, 11) is -3.33. The summed E-state index contributed by atoms with van der Waals surface area (Å²) in [6.45, 7) is 14.5. The predicted molar refractivity (Wildman–Crippen MR) is 324 cm³/mol. The van der Waals surface area contributed by atoms with Crippen LogP contribution in [-0.2, 0) is 90.4 Å². The average Bonchev–Trinajstić information content (AvgIpc) is 3.45. The number of amides is 2. The molecule has 8 aromatic carbocycles. The van der Waals surface area contributed by atoms with E-state index >= 15 is 0 Å². The van der Waals surface area contributed by atoms with E-state index in [-0.39, 0.29) is 76.8 Å². The first-order valence-corrected chi connectivity index (χ1v) is 29.1. The summed E-state index contributed by atoms with van der Waals surface area (Å²) in [5, 5.41) is 27.2. The van der Waals surface area contributed by atoms with Gasteiger partial charge in [-0.1, -0.05) is 82.9 Å². The van der Waals surface area contributed by atoms with Crippen LogP contribution in [0.15, 0.2) is 230 Å². The molecule has 8 rings (SSSR count). The van der Waals surface area contributed by atoms with Crippen molar-refractivity contribution in [2.75, 3.05) is 36.6 Å². The van der Waals surface area contributed by atoms with Crippen molar-refractivity contribution in [2.24, 2.45) is 35.9 Å². The van der Waals surface area contributed by atoms with Crippen LogP contribution in [0.5, 0.6) is 0 Å². The van der Waals surface area contributed by atoms with Crippen molar-refractivity contribution >= 4 is 84.6 Å². The average molecular weight is 1290 g/mol. The number of hydrazine groups is 1. The molecular weight excluding hydrogens is 1230 g/mol. The number of azo groups is 3. The molecule has 0 bridgehead atoms. The summed E-state index contributed by atoms with van der Waals surface area (Å²) in [4.78, 5) is 43.8. The Morgan fingerprint density at radius 1 is 0.451 bits per heavy atom. The van der Waals surface area contributed by atoms with Crippen molar-refractivity contribution in [1.29, 1.82) is 0 Å². The third kappa shape index (κ3) is 30.2. The van der Waals surface area contributed by atoms with Crippen LogP contribution in [0.4, 0.5) is 51.2 Å². The maximum atomic E-state index is 11.7. The topological polar surface area (TPSA) is 260 Å². The Hall–Kier alpha value is -7.00. The molecule has 0 saturated carbocycles. The Labute approximate surface area is 530 Å². The Bertz CT molecular complexity index is 3310. The van der Waals surface area contributed by atoms with Gasteiger partial charge >= 0.3 is 5.91 Å². The van der Waals surface area contributed by atoms with Gasteiger partial charge in [0.1, 0.15) is 5.78 Å². The van der Waals surface area contributed by atoms with Crippen LogP contribution in [0.1, 0.15) is 55.5 Å². The fraction of sp³-hybridized carbons (Fsp3) is 0.150. The fourth-order valence-corrected chi connectivity index (χ4v) is 6.31. The molecule has 0 aliphatic carbocycles. The zero-order chi connectivity index (χ0) is 58.2. The minimum absolute atomic E-state index is 0. The van der Waals surface area contributed by atoms with Crippen molar-refractivity contribution in [3.05, 3.63) is 238 Å². The van der Waals surface area contributed by atoms with Crippen LogP contribution in [0.25, 0.3) is 0 Å². The molecule has 1 atom stereocenters. The normalized spacial score (nSPS) is 10.6. The van der Waals surface area contributed by atoms with Gasteiger partial charge in [0.25, 0.3) is 5.91 Å². The van der Waals surface area contributed by atoms with Gasteiger partial charge in [-0.2, -0.15) is 30.7 Å². The molecule has 82 heavy (non-hydrogen) atoms. The minimum Gasteiger partial charge on any atom is -0.399 e. The van der Waals surface area contributed by atoms with E-state index in [4.69, 9.17) is 5.73 Å². The number of carbonyl (C=O) groups excluding carboxylic acids is 3. The third-order valence-corrected chi connectivity index (χ3v) is 10.7. The standard InChI is InChI=1S/C16H16N2O.C15H16N3O3P.C14H13N3O2.C13H13N3.C2H7OP.2Y/c1-12-3-7-15(8-4-12)17-18-16-9-5-14(6-10-16)11-13(2)19;1-11-3-7-13(8-4-11)16-17-14-9-5-12(6-10-14)15(19)18-21-22(2)20;1-10-2-6-12(7-3-10)15-16-13-8-4-11(5-9-13)14(18)17-19;1-10-2-6-12(7-3-10)15-16-13-8-4-11(14)5-9-13;1-4(2)3;;/h3-10H,11H2,1-2H3;3-10,22H,1-2H3,(H,18,19);2-9,15-16H,1H3;2-9H,14H2,1H3;4H,1-2H3;;. The molecule has 0 spiro atoms. The molecule has 8 aromatic rings. The van der Waals surface area contributed by atoms with Crippen LogP contribution in [0.2, 0.25) is 0 Å². The number of nitrogen functional groups attached to an aromatic ring is 1. The number of nitrogens with two attached hydrogens (primary N) is 1. The number of carbonyl (C=O) groups is 3. The zero-order valence-electron chi connectivity index (χ0n) is 46.9. The van der Waals surface area contributed by atoms with E-state index in [2.05, 4.69) is 56.8 Å². The molecule has 2 radical (unpaired) electrons. The number of hydrogen-bond donors (Lipinski definition) is 4. The fourth-order valence-electron chi connectivity index (χ4n) is 6.08. The Balaban J connectivity index is 0.000000364. The van der Waals surface area contributed by atoms with Crippen LogP contribution in [-0.4, -0.2) is 37.6 Å². The van der Waals surface area contributed by atoms with Gasteiger partial charge in [0.15, 0.2) is 0 Å². The number of ketones is 1. The molecule has 0 aromatic heterocycles. The molecule has 1 unspecified atom stereocenters. The van der Waals surface area contributed by atoms with E-state index < -0.39 is 27.6 Å². The first-order valence-electron chi connectivity index (χ1n) is 24.8. The molecule has 0 fully saturated rings. The number of anilines is 3. The SMILES string of the molecule is CC(=O)Cc1ccc(N=Nc2ccc(C)cc2)cc1.C[PH](C)=O.Cc1ccc(N=Nc2ccc(C(=O)NO[PH](C)=O)cc2)cc1.Cc1ccc(N=Nc2ccc(N)cc2)cc1.Cc1ccc(NNc2ccc(C(=O)N=O)cc2)cc1.[Y].[Y]. The number of Topliss-reactive ketones (excluding diaryl/α,β-unsaturated/α-hetero) is 1. The summed E-state index contributed by atoms with van der Waals surface area (Å²) in [5.74, 6) is -1.06. The number of nitroso groups, excluding NO2 is 1. The molecule has 2 amide bonds. The third-order valence-electron chi connectivity index (χ3n) is 10.3. The first kappa shape index (κ1) is 71.1. The van der Waals surface area contributed by atoms with Gasteiger partial charge in [0, 0.05) is 100 Å². The summed E-state index contributed by atoms with van der Waals surface area (Å²) in [5.41, 5.74) is 27.2. The van der Waals surface area contributed by atoms with Gasteiger partial charge in [-0.3, -0.25) is 18.9 Å². The number of rotatable bonds is 15. The van der Waals surface area contributed by atoms with Gasteiger partial charge < -0.3 is 21.2 Å². The molecule has 18 nitrogen and oxygen atoms in total. The van der Waals surface area contributed by atoms with Crippen LogP contribution >= 0.6 is 15.8 Å². The van der Waals surface area contributed by atoms with E-state index in [1.165, 1.54) is 23.4 Å². The number of hydroxylamine groups is 1. The molecule has 22 heteroatoms. The summed E-state index contributed by atoms with van der Waals surface area (Å²) >= 11 is 0. The predicted octanol–water partition coefficient (Wildman–Crippen LogP) is 16.9. The maximum Gasteiger partial charge on any atom is 0.316 e. The van der Waals surface area contributed by atoms with Gasteiger partial charge in [0.2, 0.25) is 8.03 Å². The Morgan fingerprint density at radius 3 is 1.05 bits per heavy atom. The second kappa shape index (κ2) is 39.4. The largest absolute Gasteiger partial charge is 0.399 e. The van der Waals surface area contributed by atoms with E-state index in [0.29, 0.717) is 17.7 Å². The molecule has 0 heterocycles. The molecule has 0 saturated heterocycles. The van der Waals surface area contributed by atoms with E-state index in [1.54, 1.807) is 68.8 Å². The van der Waals surface area contributed by atoms with Gasteiger partial charge in [-0.05, 0) is 187 Å². The summed E-state index contributed by atoms with van der Waals surface area (Å²) in [6, 6.07) is 59.2. The van der Waals surface area contributed by atoms with E-state index in [9.17, 15) is 28.4 Å². The van der Waals surface area contributed by atoms with Crippen LogP contribution < -0.4 is 22.1 Å². The molecular formula is C60H65N11O7P2Y2. The van der Waals surface area contributed by atoms with Crippen molar-refractivity contribution in [1.82, 2.24) is 5.48 Å². The monoisotopic (exact) mass is 1290 g/mol. The van der Waals surface area contributed by atoms with Crippen molar-refractivity contribution in [3.63, 3.8) is 0 Å². The van der Waals surface area contributed by atoms with E-state index in [1.807, 2.05) is 173 Å². The van der Waals surface area contributed by atoms with Crippen molar-refractivity contribution in [3.8, 4) is 0 Å². The maximum absolute atomic E-state index is 11.7. The van der Waals surface area contributed by atoms with E-state index in [0.717, 1.165) is 56.6 Å². The zero-order valence-corrected chi connectivity index (χ0v) is 54.6. The minimum atomic E-state index is -2.20. The van der Waals surface area contributed by atoms with Crippen LogP contribution in [0, 0.1) is 32.6 Å². The summed E-state index contributed by atoms with van der Waals surface area (Å²) < 4.78 is 25.0. The number of hydrogen-bond acceptors (Lipinski definition) is 16. The van der Waals surface area contributed by atoms with Crippen molar-refractivity contribution < 1.29 is 93.6 Å². The molecule has 0 aliphatic heterocycles. The smallest absolute Gasteiger partial charge is 0.316 e. The van der Waals surface area contributed by atoms with Gasteiger partial charge in [-0.25, -0.2) is 10.1 Å². The molecule has 0 aliphatic rings. The summed E-state index contributed by atoms with van der Waals surface area (Å²) in [6.07, 6.45) is 0.468. The number of benzene rings is 8. The molecule has 5 N–H and O–H groups in total. The van der Waals surface area contributed by atoms with Crippen molar-refractivity contribution in [2.45, 2.75) is 41.0 Å². The quantitative estimate of drug-likeness (QED) is 0.0248. The number of nitrogens with one attached hydrogen (secondary N) is 3. The Kier molecular flexibility index (Phi) is 34.2. The number of aryl methyl sites for hydroxylation is 4. The Morgan fingerprint density at radius 2 is 0.732 bits per heavy atom. The first-order chi connectivity index (χ1) is 38.3. The van der Waals surface area contributed by atoms with Crippen LogP contribution in [0.3, 0.4) is 0 Å². The molecule has 418 valence electrons. The van der Waals surface area contributed by atoms with Gasteiger partial charge in [0.05, 0.1) is 53.3 Å². The van der Waals surface area contributed by atoms with Gasteiger partial charge in [-0.15, -0.1) is 4.91 Å². The number of nitrogens with zero attached hydrogens (tertiary/aromatic N) is 7. The second-order valence-corrected chi connectivity index (χ2v) is 20.8. The second-order valence-electron chi connectivity index (χ2n) is 17.8.